The molecule has 8 nitrogen and oxygen atoms in total. The van der Waals surface area contributed by atoms with Crippen molar-refractivity contribution in [3.05, 3.63) is 41.1 Å². The van der Waals surface area contributed by atoms with Gasteiger partial charge in [0, 0.05) is 34.8 Å². The Bertz CT molecular complexity index is 1100. The number of fused-ring (bicyclic) bond motifs is 5. The molecule has 0 bridgehead atoms. The van der Waals surface area contributed by atoms with Gasteiger partial charge in [0.1, 0.15) is 17.9 Å². The van der Waals surface area contributed by atoms with E-state index >= 15 is 0 Å². The van der Waals surface area contributed by atoms with Crippen molar-refractivity contribution in [1.29, 1.82) is 0 Å². The molecule has 2 aromatic rings. The molecule has 8 heteroatoms. The molecule has 3 N–H and O–H groups in total. The number of nitrogens with one attached hydrogen (secondary N) is 1. The van der Waals surface area contributed by atoms with Crippen molar-refractivity contribution < 1.29 is 24.5 Å². The molecule has 4 heterocycles. The number of H-pyrrole nitrogens is 1. The first-order chi connectivity index (χ1) is 14.3. The van der Waals surface area contributed by atoms with Crippen molar-refractivity contribution in [1.82, 2.24) is 14.8 Å². The maximum atomic E-state index is 13.5. The van der Waals surface area contributed by atoms with Gasteiger partial charge in [0.05, 0.1) is 13.2 Å². The van der Waals surface area contributed by atoms with Crippen LogP contribution in [0.2, 0.25) is 0 Å². The standard InChI is InChI=1S/C22H25N3O5/c1-11(2)9-16-18-17(13-7-6-12(30-3)10-14(13)23-18)19(26)22(29)21(28)24-8-4-5-15(24)20(27)25(16)22/h6-7,9-10,15-16,19,23,26,29H,4-5,8H2,1-3H3. The van der Waals surface area contributed by atoms with Crippen LogP contribution >= 0.6 is 0 Å². The molecule has 0 aliphatic carbocycles. The zero-order chi connectivity index (χ0) is 21.4. The van der Waals surface area contributed by atoms with Gasteiger partial charge in [-0.15, -0.1) is 0 Å². The summed E-state index contributed by atoms with van der Waals surface area (Å²) < 4.78 is 5.30. The van der Waals surface area contributed by atoms with Crippen molar-refractivity contribution in [3.8, 4) is 5.75 Å². The second-order valence-corrected chi connectivity index (χ2v) is 8.55. The molecule has 0 radical (unpaired) electrons. The average molecular weight is 411 g/mol. The molecule has 1 aromatic heterocycles. The summed E-state index contributed by atoms with van der Waals surface area (Å²) in [6, 6.07) is 4.06. The van der Waals surface area contributed by atoms with Crippen LogP contribution in [0.1, 0.15) is 50.1 Å². The molecule has 4 atom stereocenters. The first-order valence-corrected chi connectivity index (χ1v) is 10.2. The fraction of sp³-hybridized carbons (Fsp3) is 0.455. The molecule has 2 saturated heterocycles. The number of aromatic amines is 1. The highest BCUT2D eigenvalue weighted by Crippen LogP contribution is 2.51. The minimum absolute atomic E-state index is 0.335. The largest absolute Gasteiger partial charge is 0.497 e. The van der Waals surface area contributed by atoms with E-state index in [1.807, 2.05) is 19.9 Å². The van der Waals surface area contributed by atoms with E-state index in [1.165, 1.54) is 9.80 Å². The summed E-state index contributed by atoms with van der Waals surface area (Å²) in [6.07, 6.45) is 1.53. The number of ether oxygens (including phenoxy) is 1. The zero-order valence-electron chi connectivity index (χ0n) is 17.2. The third-order valence-corrected chi connectivity index (χ3v) is 6.51. The Labute approximate surface area is 173 Å². The van der Waals surface area contributed by atoms with Gasteiger partial charge in [-0.1, -0.05) is 11.6 Å². The van der Waals surface area contributed by atoms with Crippen LogP contribution in [0.25, 0.3) is 10.9 Å². The molecule has 30 heavy (non-hydrogen) atoms. The van der Waals surface area contributed by atoms with Crippen LogP contribution in [-0.4, -0.2) is 62.2 Å². The lowest BCUT2D eigenvalue weighted by molar-refractivity contribution is -0.229. The minimum Gasteiger partial charge on any atom is -0.497 e. The number of aliphatic hydroxyl groups excluding tert-OH is 1. The molecule has 4 unspecified atom stereocenters. The number of hydrogen-bond donors (Lipinski definition) is 3. The summed E-state index contributed by atoms with van der Waals surface area (Å²) in [5, 5.41) is 23.7. The van der Waals surface area contributed by atoms with Crippen molar-refractivity contribution in [2.45, 2.75) is 50.6 Å². The number of allylic oxidation sites excluding steroid dienone is 1. The number of aliphatic hydroxyl groups is 2. The first-order valence-electron chi connectivity index (χ1n) is 10.2. The summed E-state index contributed by atoms with van der Waals surface area (Å²) in [6.45, 7) is 4.20. The van der Waals surface area contributed by atoms with Crippen molar-refractivity contribution >= 4 is 22.7 Å². The quantitative estimate of drug-likeness (QED) is 0.653. The number of nitrogens with zero attached hydrogens (tertiary/aromatic N) is 2. The number of carbonyl (C=O) groups is 2. The maximum absolute atomic E-state index is 13.5. The molecule has 2 amide bonds. The van der Waals surface area contributed by atoms with E-state index in [2.05, 4.69) is 4.98 Å². The van der Waals surface area contributed by atoms with Gasteiger partial charge >= 0.3 is 0 Å². The first kappa shape index (κ1) is 19.1. The van der Waals surface area contributed by atoms with Gasteiger partial charge in [-0.25, -0.2) is 0 Å². The van der Waals surface area contributed by atoms with Crippen LogP contribution < -0.4 is 4.74 Å². The van der Waals surface area contributed by atoms with Crippen LogP contribution in [0.4, 0.5) is 0 Å². The highest BCUT2D eigenvalue weighted by molar-refractivity contribution is 6.01. The van der Waals surface area contributed by atoms with Gasteiger partial charge in [-0.3, -0.25) is 14.5 Å². The van der Waals surface area contributed by atoms with E-state index in [0.29, 0.717) is 47.3 Å². The van der Waals surface area contributed by atoms with Crippen LogP contribution in [0.5, 0.6) is 5.75 Å². The number of benzene rings is 1. The van der Waals surface area contributed by atoms with Crippen molar-refractivity contribution in [2.75, 3.05) is 13.7 Å². The number of rotatable bonds is 2. The van der Waals surface area contributed by atoms with Gasteiger partial charge in [-0.05, 0) is 38.8 Å². The number of hydrogen-bond acceptors (Lipinski definition) is 5. The number of aromatic nitrogens is 1. The Morgan fingerprint density at radius 2 is 2.10 bits per heavy atom. The van der Waals surface area contributed by atoms with E-state index in [0.717, 1.165) is 5.57 Å². The maximum Gasteiger partial charge on any atom is 0.279 e. The smallest absolute Gasteiger partial charge is 0.279 e. The summed E-state index contributed by atoms with van der Waals surface area (Å²) in [4.78, 5) is 32.8. The minimum atomic E-state index is -2.35. The second-order valence-electron chi connectivity index (χ2n) is 8.55. The summed E-state index contributed by atoms with van der Waals surface area (Å²) in [5.74, 6) is -0.311. The number of methoxy groups -OCH3 is 1. The van der Waals surface area contributed by atoms with E-state index < -0.39 is 29.8 Å². The Hall–Kier alpha value is -2.84. The van der Waals surface area contributed by atoms with Crippen LogP contribution in [-0.2, 0) is 9.59 Å². The van der Waals surface area contributed by atoms with Crippen LogP contribution in [0, 0.1) is 0 Å². The van der Waals surface area contributed by atoms with E-state index in [9.17, 15) is 19.8 Å². The fourth-order valence-electron chi connectivity index (χ4n) is 5.19. The predicted octanol–water partition coefficient (Wildman–Crippen LogP) is 1.75. The van der Waals surface area contributed by atoms with Gasteiger partial charge in [0.25, 0.3) is 11.6 Å². The van der Waals surface area contributed by atoms with E-state index in [1.54, 1.807) is 25.3 Å². The molecule has 0 spiro atoms. The predicted molar refractivity (Wildman–Crippen MR) is 109 cm³/mol. The number of carbonyl (C=O) groups excluding carboxylic acids is 2. The van der Waals surface area contributed by atoms with Crippen LogP contribution in [0.3, 0.4) is 0 Å². The lowest BCUT2D eigenvalue weighted by Gasteiger charge is -2.54. The monoisotopic (exact) mass is 411 g/mol. The molecular weight excluding hydrogens is 386 g/mol. The SMILES string of the molecule is COc1ccc2c3c([nH]c2c1)C(C=C(C)C)N1C(=O)C2CCCN2C(=O)C1(O)C3O. The normalized spacial score (nSPS) is 30.2. The Kier molecular flexibility index (Phi) is 4.04. The summed E-state index contributed by atoms with van der Waals surface area (Å²) in [5.41, 5.74) is 0.317. The Balaban J connectivity index is 1.80. The lowest BCUT2D eigenvalue weighted by atomic mass is 9.82. The van der Waals surface area contributed by atoms with Crippen LogP contribution in [0.15, 0.2) is 29.8 Å². The third-order valence-electron chi connectivity index (χ3n) is 6.51. The molecule has 3 aliphatic rings. The molecular formula is C22H25N3O5. The Morgan fingerprint density at radius 3 is 2.80 bits per heavy atom. The van der Waals surface area contributed by atoms with Gasteiger partial charge in [0.15, 0.2) is 0 Å². The number of piperazine rings is 1. The summed E-state index contributed by atoms with van der Waals surface area (Å²) >= 11 is 0. The second kappa shape index (κ2) is 6.33. The van der Waals surface area contributed by atoms with Crippen molar-refractivity contribution in [3.63, 3.8) is 0 Å². The van der Waals surface area contributed by atoms with Gasteiger partial charge in [0.2, 0.25) is 5.91 Å². The van der Waals surface area contributed by atoms with E-state index in [-0.39, 0.29) is 5.91 Å². The van der Waals surface area contributed by atoms with Gasteiger partial charge in [-0.2, -0.15) is 0 Å². The number of amides is 2. The third kappa shape index (κ3) is 2.29. The molecule has 5 rings (SSSR count). The van der Waals surface area contributed by atoms with Crippen molar-refractivity contribution in [2.24, 2.45) is 0 Å². The molecule has 3 aliphatic heterocycles. The lowest BCUT2D eigenvalue weighted by Crippen LogP contribution is -2.74. The molecule has 0 saturated carbocycles. The highest BCUT2D eigenvalue weighted by atomic mass is 16.5. The van der Waals surface area contributed by atoms with Gasteiger partial charge < -0.3 is 24.8 Å². The Morgan fingerprint density at radius 1 is 1.33 bits per heavy atom. The fourth-order valence-corrected chi connectivity index (χ4v) is 5.19. The average Bonchev–Trinajstić information content (AvgIpc) is 3.34. The zero-order valence-corrected chi connectivity index (χ0v) is 17.2. The molecule has 1 aromatic carbocycles. The topological polar surface area (TPSA) is 106 Å². The summed E-state index contributed by atoms with van der Waals surface area (Å²) in [7, 11) is 1.57. The van der Waals surface area contributed by atoms with E-state index in [4.69, 9.17) is 4.74 Å². The molecule has 2 fully saturated rings. The molecule has 158 valence electrons. The highest BCUT2D eigenvalue weighted by Gasteiger charge is 2.65.